The Morgan fingerprint density at radius 2 is 2.00 bits per heavy atom. The molecule has 2 aromatic carbocycles. The summed E-state index contributed by atoms with van der Waals surface area (Å²) in [7, 11) is 0. The van der Waals surface area contributed by atoms with Crippen LogP contribution in [0.15, 0.2) is 54.9 Å². The molecular weight excluding hydrogens is 502 g/mol. The highest BCUT2D eigenvalue weighted by Crippen LogP contribution is 2.66. The highest BCUT2D eigenvalue weighted by Gasteiger charge is 2.66. The molecule has 0 spiro atoms. The Hall–Kier alpha value is -4.47. The highest BCUT2D eigenvalue weighted by atomic mass is 19.2. The number of aromatic carboxylic acids is 1. The molecule has 7 rings (SSSR count). The van der Waals surface area contributed by atoms with Crippen LogP contribution >= 0.6 is 0 Å². The Morgan fingerprint density at radius 1 is 1.13 bits per heavy atom. The van der Waals surface area contributed by atoms with E-state index in [4.69, 9.17) is 9.97 Å². The Morgan fingerprint density at radius 3 is 2.82 bits per heavy atom. The number of carbonyl (C=O) groups is 1. The van der Waals surface area contributed by atoms with Crippen LogP contribution < -0.4 is 4.90 Å². The summed E-state index contributed by atoms with van der Waals surface area (Å²) in [5.41, 5.74) is 3.00. The molecule has 0 amide bonds. The smallest absolute Gasteiger partial charge is 0.337 e. The summed E-state index contributed by atoms with van der Waals surface area (Å²) in [6.07, 6.45) is 4.88. The number of hydrogen-bond acceptors (Lipinski definition) is 6. The predicted octanol–water partition coefficient (Wildman–Crippen LogP) is 5.35. The SMILES string of the molecule is CC[C@]1(c2cccc(F)c2F)[C@@H]2CCN(c3cnc4c(-c5ccc(C(=O)O)c6ncccc56)[nH]nc4n3)C[C@@H]21. The van der Waals surface area contributed by atoms with Crippen molar-refractivity contribution in [2.45, 2.75) is 25.2 Å². The molecule has 2 fully saturated rings. The molecule has 1 aliphatic carbocycles. The second-order valence-electron chi connectivity index (χ2n) is 10.3. The first-order valence-corrected chi connectivity index (χ1v) is 13.0. The number of aromatic amines is 1. The van der Waals surface area contributed by atoms with Crippen molar-refractivity contribution in [1.29, 1.82) is 0 Å². The fourth-order valence-electron chi connectivity index (χ4n) is 6.85. The summed E-state index contributed by atoms with van der Waals surface area (Å²) < 4.78 is 28.9. The number of rotatable bonds is 5. The van der Waals surface area contributed by atoms with E-state index in [9.17, 15) is 18.7 Å². The zero-order valence-corrected chi connectivity index (χ0v) is 21.0. The molecular formula is C29H24F2N6O2. The van der Waals surface area contributed by atoms with Gasteiger partial charge in [0.05, 0.1) is 23.0 Å². The number of piperidine rings is 1. The molecule has 3 atom stereocenters. The third-order valence-corrected chi connectivity index (χ3v) is 8.71. The van der Waals surface area contributed by atoms with Crippen molar-refractivity contribution in [2.24, 2.45) is 11.8 Å². The number of benzene rings is 2. The second kappa shape index (κ2) is 8.52. The maximum absolute atomic E-state index is 14.8. The number of hydrogen-bond donors (Lipinski definition) is 2. The van der Waals surface area contributed by atoms with E-state index in [1.807, 2.05) is 13.0 Å². The van der Waals surface area contributed by atoms with Crippen molar-refractivity contribution in [3.05, 3.63) is 77.6 Å². The van der Waals surface area contributed by atoms with Gasteiger partial charge in [0, 0.05) is 35.7 Å². The van der Waals surface area contributed by atoms with E-state index in [-0.39, 0.29) is 16.9 Å². The molecule has 1 saturated carbocycles. The fourth-order valence-corrected chi connectivity index (χ4v) is 6.85. The Labute approximate surface area is 221 Å². The Kier molecular flexibility index (Phi) is 5.16. The molecule has 0 unspecified atom stereocenters. The quantitative estimate of drug-likeness (QED) is 0.318. The van der Waals surface area contributed by atoms with Crippen molar-refractivity contribution in [3.8, 4) is 11.3 Å². The van der Waals surface area contributed by atoms with Gasteiger partial charge in [-0.05, 0) is 48.4 Å². The molecule has 8 nitrogen and oxygen atoms in total. The fraction of sp³-hybridized carbons (Fsp3) is 0.276. The molecule has 1 saturated heterocycles. The predicted molar refractivity (Wildman–Crippen MR) is 142 cm³/mol. The van der Waals surface area contributed by atoms with E-state index >= 15 is 0 Å². The van der Waals surface area contributed by atoms with E-state index in [1.165, 1.54) is 12.1 Å². The third-order valence-electron chi connectivity index (χ3n) is 8.71. The molecule has 2 aliphatic rings. The molecule has 10 heteroatoms. The Balaban J connectivity index is 1.21. The molecule has 196 valence electrons. The van der Waals surface area contributed by atoms with Crippen LogP contribution in [0.1, 0.15) is 35.7 Å². The summed E-state index contributed by atoms with van der Waals surface area (Å²) in [6, 6.07) is 11.3. The number of pyridine rings is 1. The molecule has 0 radical (unpaired) electrons. The van der Waals surface area contributed by atoms with Crippen LogP contribution in [0, 0.1) is 23.5 Å². The standard InChI is InChI=1S/C29H24F2N6O2/c1-2-29(19-6-3-7-21(30)23(19)31)18-10-12-37(14-20(18)29)22-13-33-26-25(35-36-27(26)34-22)16-8-9-17(28(38)39)24-15(16)5-4-11-32-24/h3-9,11,13,18,20H,2,10,12,14H2,1H3,(H,38,39)(H,34,35,36)/t18-,20+,29-/m1/s1. The lowest BCUT2D eigenvalue weighted by atomic mass is 9.88. The van der Waals surface area contributed by atoms with Gasteiger partial charge in [0.1, 0.15) is 11.3 Å². The Bertz CT molecular complexity index is 1790. The van der Waals surface area contributed by atoms with Crippen LogP contribution in [0.2, 0.25) is 0 Å². The average Bonchev–Trinajstić information content (AvgIpc) is 3.42. The lowest BCUT2D eigenvalue weighted by molar-refractivity contribution is 0.0699. The molecule has 5 aromatic rings. The van der Waals surface area contributed by atoms with Gasteiger partial charge in [-0.25, -0.2) is 23.5 Å². The van der Waals surface area contributed by atoms with Crippen molar-refractivity contribution in [3.63, 3.8) is 0 Å². The monoisotopic (exact) mass is 526 g/mol. The van der Waals surface area contributed by atoms with Crippen molar-refractivity contribution in [2.75, 3.05) is 18.0 Å². The molecule has 2 N–H and O–H groups in total. The van der Waals surface area contributed by atoms with Gasteiger partial charge < -0.3 is 10.0 Å². The van der Waals surface area contributed by atoms with Gasteiger partial charge >= 0.3 is 5.97 Å². The topological polar surface area (TPSA) is 108 Å². The van der Waals surface area contributed by atoms with Gasteiger partial charge in [-0.3, -0.25) is 10.1 Å². The minimum atomic E-state index is -1.05. The number of aromatic nitrogens is 5. The van der Waals surface area contributed by atoms with E-state index < -0.39 is 17.6 Å². The van der Waals surface area contributed by atoms with Crippen molar-refractivity contribution < 1.29 is 18.7 Å². The van der Waals surface area contributed by atoms with Crippen molar-refractivity contribution >= 4 is 33.9 Å². The number of halogens is 2. The second-order valence-corrected chi connectivity index (χ2v) is 10.3. The maximum Gasteiger partial charge on any atom is 0.337 e. The molecule has 3 aromatic heterocycles. The van der Waals surface area contributed by atoms with E-state index in [0.29, 0.717) is 51.6 Å². The first-order valence-electron chi connectivity index (χ1n) is 13.0. The van der Waals surface area contributed by atoms with Gasteiger partial charge in [-0.1, -0.05) is 31.2 Å². The van der Waals surface area contributed by atoms with Crippen LogP contribution in [0.3, 0.4) is 0 Å². The molecule has 0 bridgehead atoms. The largest absolute Gasteiger partial charge is 0.478 e. The number of anilines is 1. The van der Waals surface area contributed by atoms with Gasteiger partial charge in [0.2, 0.25) is 5.65 Å². The van der Waals surface area contributed by atoms with E-state index in [1.54, 1.807) is 36.7 Å². The maximum atomic E-state index is 14.8. The number of nitrogens with zero attached hydrogens (tertiary/aromatic N) is 5. The third kappa shape index (κ3) is 3.36. The van der Waals surface area contributed by atoms with Crippen LogP contribution in [0.25, 0.3) is 33.3 Å². The number of fused-ring (bicyclic) bond motifs is 3. The summed E-state index contributed by atoms with van der Waals surface area (Å²) >= 11 is 0. The van der Waals surface area contributed by atoms with Crippen LogP contribution in [-0.4, -0.2) is 49.3 Å². The summed E-state index contributed by atoms with van der Waals surface area (Å²) in [4.78, 5) is 27.6. The summed E-state index contributed by atoms with van der Waals surface area (Å²) in [6.45, 7) is 3.47. The zero-order valence-electron chi connectivity index (χ0n) is 21.0. The zero-order chi connectivity index (χ0) is 26.9. The number of nitrogens with one attached hydrogen (secondary N) is 1. The average molecular weight is 527 g/mol. The van der Waals surface area contributed by atoms with Crippen molar-refractivity contribution in [1.82, 2.24) is 25.1 Å². The van der Waals surface area contributed by atoms with Gasteiger partial charge in [-0.15, -0.1) is 0 Å². The number of carboxylic acids is 1. The first kappa shape index (κ1) is 23.6. The number of carboxylic acid groups (broad SMARTS) is 1. The molecule has 1 aliphatic heterocycles. The molecule has 4 heterocycles. The van der Waals surface area contributed by atoms with Crippen LogP contribution in [0.4, 0.5) is 14.6 Å². The lowest BCUT2D eigenvalue weighted by Crippen LogP contribution is -2.32. The minimum Gasteiger partial charge on any atom is -0.478 e. The van der Waals surface area contributed by atoms with Gasteiger partial charge in [0.15, 0.2) is 11.6 Å². The lowest BCUT2D eigenvalue weighted by Gasteiger charge is -2.26. The molecule has 39 heavy (non-hydrogen) atoms. The van der Waals surface area contributed by atoms with Gasteiger partial charge in [-0.2, -0.15) is 5.10 Å². The summed E-state index contributed by atoms with van der Waals surface area (Å²) in [5, 5.41) is 17.7. The summed E-state index contributed by atoms with van der Waals surface area (Å²) in [5.74, 6) is -1.39. The van der Waals surface area contributed by atoms with Crippen LogP contribution in [-0.2, 0) is 5.41 Å². The number of H-pyrrole nitrogens is 1. The normalized spacial score (nSPS) is 22.3. The van der Waals surface area contributed by atoms with E-state index in [0.717, 1.165) is 24.9 Å². The first-order chi connectivity index (χ1) is 18.9. The van der Waals surface area contributed by atoms with Gasteiger partial charge in [0.25, 0.3) is 0 Å². The highest BCUT2D eigenvalue weighted by molar-refractivity contribution is 6.08. The van der Waals surface area contributed by atoms with E-state index in [2.05, 4.69) is 20.1 Å². The minimum absolute atomic E-state index is 0.122. The van der Waals surface area contributed by atoms with Crippen LogP contribution in [0.5, 0.6) is 0 Å².